The molecule has 1 fully saturated rings. The second-order valence-electron chi connectivity index (χ2n) is 8.95. The van der Waals surface area contributed by atoms with Crippen LogP contribution in [0, 0.1) is 5.92 Å². The molecule has 0 bridgehead atoms. The summed E-state index contributed by atoms with van der Waals surface area (Å²) in [6.45, 7) is 6.86. The fraction of sp³-hybridized carbons (Fsp3) is 0.440. The van der Waals surface area contributed by atoms with E-state index in [0.717, 1.165) is 30.6 Å². The lowest BCUT2D eigenvalue weighted by molar-refractivity contribution is -0.113. The normalized spacial score (nSPS) is 13.4. The number of aromatic nitrogens is 2. The maximum absolute atomic E-state index is 13.2. The van der Waals surface area contributed by atoms with Gasteiger partial charge in [-0.25, -0.2) is 4.98 Å². The molecule has 1 aliphatic rings. The van der Waals surface area contributed by atoms with Crippen molar-refractivity contribution in [1.82, 2.24) is 14.9 Å². The molecule has 180 valence electrons. The van der Waals surface area contributed by atoms with Crippen LogP contribution in [0.2, 0.25) is 0 Å². The van der Waals surface area contributed by atoms with Crippen LogP contribution < -0.4 is 16.2 Å². The number of fused-ring (bicyclic) bond motifs is 1. The first-order valence-electron chi connectivity index (χ1n) is 11.7. The number of benzene rings is 1. The Kier molecular flexibility index (Phi) is 7.73. The van der Waals surface area contributed by atoms with E-state index < -0.39 is 0 Å². The van der Waals surface area contributed by atoms with Crippen molar-refractivity contribution in [2.75, 3.05) is 11.1 Å². The molecule has 0 saturated heterocycles. The number of nitrogens with one attached hydrogen (secondary N) is 2. The Morgan fingerprint density at radius 2 is 2.03 bits per heavy atom. The number of hydrogen-bond acceptors (Lipinski definition) is 6. The summed E-state index contributed by atoms with van der Waals surface area (Å²) in [5.41, 5.74) is 0.885. The summed E-state index contributed by atoms with van der Waals surface area (Å²) in [4.78, 5) is 45.1. The van der Waals surface area contributed by atoms with E-state index in [9.17, 15) is 14.4 Å². The molecule has 0 radical (unpaired) electrons. The average molecular weight is 499 g/mol. The van der Waals surface area contributed by atoms with Gasteiger partial charge in [0.15, 0.2) is 5.16 Å². The van der Waals surface area contributed by atoms with Gasteiger partial charge in [0.25, 0.3) is 11.5 Å². The van der Waals surface area contributed by atoms with Crippen molar-refractivity contribution >= 4 is 50.8 Å². The Hall–Kier alpha value is -2.65. The van der Waals surface area contributed by atoms with Gasteiger partial charge in [0.05, 0.1) is 22.4 Å². The van der Waals surface area contributed by atoms with Gasteiger partial charge in [0.1, 0.15) is 4.83 Å². The third-order valence-electron chi connectivity index (χ3n) is 5.64. The number of carbonyl (C=O) groups is 2. The molecule has 1 aliphatic carbocycles. The summed E-state index contributed by atoms with van der Waals surface area (Å²) in [6.07, 6.45) is 3.69. The summed E-state index contributed by atoms with van der Waals surface area (Å²) in [6, 6.07) is 9.18. The zero-order chi connectivity index (χ0) is 24.2. The fourth-order valence-electron chi connectivity index (χ4n) is 3.51. The molecule has 9 heteroatoms. The molecule has 1 aromatic carbocycles. The molecule has 7 nitrogen and oxygen atoms in total. The summed E-state index contributed by atoms with van der Waals surface area (Å²) in [5, 5.41) is 7.02. The van der Waals surface area contributed by atoms with Gasteiger partial charge < -0.3 is 10.6 Å². The first-order chi connectivity index (χ1) is 16.4. The standard InChI is InChI=1S/C25H30N4O3S2/c1-4-17-13-19-23(34-17)28-25(29(24(19)32)12-11-15(2)3)33-14-21(30)27-20-8-6-5-7-18(20)22(31)26-16-9-10-16/h5-8,13,15-16H,4,9-12,14H2,1-3H3,(H,26,31)(H,27,30). The van der Waals surface area contributed by atoms with Crippen LogP contribution in [0.25, 0.3) is 10.2 Å². The Bertz CT molecular complexity index is 1260. The lowest BCUT2D eigenvalue weighted by Crippen LogP contribution is -2.27. The number of anilines is 1. The van der Waals surface area contributed by atoms with Gasteiger partial charge in [-0.2, -0.15) is 0 Å². The Morgan fingerprint density at radius 3 is 2.74 bits per heavy atom. The second kappa shape index (κ2) is 10.7. The number of thioether (sulfide) groups is 1. The van der Waals surface area contributed by atoms with Crippen LogP contribution in [-0.2, 0) is 17.8 Å². The second-order valence-corrected chi connectivity index (χ2v) is 11.0. The molecule has 2 heterocycles. The Labute approximate surface area is 207 Å². The Morgan fingerprint density at radius 1 is 1.26 bits per heavy atom. The molecule has 0 unspecified atom stereocenters. The molecule has 0 aliphatic heterocycles. The first-order valence-corrected chi connectivity index (χ1v) is 13.5. The molecule has 34 heavy (non-hydrogen) atoms. The molecule has 0 spiro atoms. The number of carbonyl (C=O) groups excluding carboxylic acids is 2. The molecule has 3 aromatic rings. The molecule has 1 saturated carbocycles. The third-order valence-corrected chi connectivity index (χ3v) is 7.79. The van der Waals surface area contributed by atoms with E-state index in [1.54, 1.807) is 28.8 Å². The molecular weight excluding hydrogens is 468 g/mol. The van der Waals surface area contributed by atoms with E-state index in [1.165, 1.54) is 23.1 Å². The lowest BCUT2D eigenvalue weighted by atomic mass is 10.1. The molecule has 4 rings (SSSR count). The monoisotopic (exact) mass is 498 g/mol. The maximum Gasteiger partial charge on any atom is 0.262 e. The molecule has 0 atom stereocenters. The van der Waals surface area contributed by atoms with Crippen LogP contribution in [0.3, 0.4) is 0 Å². The number of para-hydroxylation sites is 1. The van der Waals surface area contributed by atoms with Crippen LogP contribution in [0.4, 0.5) is 5.69 Å². The van der Waals surface area contributed by atoms with E-state index in [2.05, 4.69) is 31.4 Å². The highest BCUT2D eigenvalue weighted by Crippen LogP contribution is 2.26. The SMILES string of the molecule is CCc1cc2c(=O)n(CCC(C)C)c(SCC(=O)Nc3ccccc3C(=O)NC3CC3)nc2s1. The number of hydrogen-bond donors (Lipinski definition) is 2. The van der Waals surface area contributed by atoms with Crippen LogP contribution in [0.1, 0.15) is 55.3 Å². The summed E-state index contributed by atoms with van der Waals surface area (Å²) in [5.74, 6) is 0.104. The van der Waals surface area contributed by atoms with Crippen molar-refractivity contribution in [3.05, 3.63) is 51.1 Å². The van der Waals surface area contributed by atoms with Crippen molar-refractivity contribution in [3.8, 4) is 0 Å². The van der Waals surface area contributed by atoms with Crippen LogP contribution in [0.15, 0.2) is 40.3 Å². The van der Waals surface area contributed by atoms with Gasteiger partial charge in [-0.1, -0.05) is 44.7 Å². The number of amides is 2. The topological polar surface area (TPSA) is 93.1 Å². The van der Waals surface area contributed by atoms with E-state index in [4.69, 9.17) is 4.98 Å². The van der Waals surface area contributed by atoms with Crippen molar-refractivity contribution in [1.29, 1.82) is 0 Å². The van der Waals surface area contributed by atoms with Gasteiger partial charge >= 0.3 is 0 Å². The third kappa shape index (κ3) is 5.88. The summed E-state index contributed by atoms with van der Waals surface area (Å²) < 4.78 is 1.70. The van der Waals surface area contributed by atoms with Crippen molar-refractivity contribution in [3.63, 3.8) is 0 Å². The van der Waals surface area contributed by atoms with E-state index in [0.29, 0.717) is 39.1 Å². The molecule has 2 amide bonds. The minimum Gasteiger partial charge on any atom is -0.349 e. The van der Waals surface area contributed by atoms with Crippen LogP contribution >= 0.6 is 23.1 Å². The maximum atomic E-state index is 13.2. The number of thiophene rings is 1. The molecule has 2 N–H and O–H groups in total. The summed E-state index contributed by atoms with van der Waals surface area (Å²) in [7, 11) is 0. The largest absolute Gasteiger partial charge is 0.349 e. The fourth-order valence-corrected chi connectivity index (χ4v) is 5.35. The molecule has 2 aromatic heterocycles. The van der Waals surface area contributed by atoms with Gasteiger partial charge in [0.2, 0.25) is 5.91 Å². The zero-order valence-corrected chi connectivity index (χ0v) is 21.4. The van der Waals surface area contributed by atoms with Crippen molar-refractivity contribution < 1.29 is 9.59 Å². The van der Waals surface area contributed by atoms with Crippen molar-refractivity contribution in [2.45, 2.75) is 64.2 Å². The lowest BCUT2D eigenvalue weighted by Gasteiger charge is -2.14. The zero-order valence-electron chi connectivity index (χ0n) is 19.7. The molecular formula is C25H30N4O3S2. The van der Waals surface area contributed by atoms with E-state index >= 15 is 0 Å². The highest BCUT2D eigenvalue weighted by Gasteiger charge is 2.25. The number of nitrogens with zero attached hydrogens (tertiary/aromatic N) is 2. The number of aryl methyl sites for hydroxylation is 1. The Balaban J connectivity index is 1.51. The van der Waals surface area contributed by atoms with Gasteiger partial charge in [-0.3, -0.25) is 19.0 Å². The highest BCUT2D eigenvalue weighted by atomic mass is 32.2. The van der Waals surface area contributed by atoms with Gasteiger partial charge in [0, 0.05) is 17.5 Å². The quantitative estimate of drug-likeness (QED) is 0.312. The smallest absolute Gasteiger partial charge is 0.262 e. The van der Waals surface area contributed by atoms with Gasteiger partial charge in [-0.15, -0.1) is 11.3 Å². The van der Waals surface area contributed by atoms with E-state index in [1.807, 2.05) is 6.07 Å². The number of rotatable bonds is 10. The predicted octanol–water partition coefficient (Wildman–Crippen LogP) is 4.69. The van der Waals surface area contributed by atoms with Crippen LogP contribution in [0.5, 0.6) is 0 Å². The van der Waals surface area contributed by atoms with Gasteiger partial charge in [-0.05, 0) is 49.8 Å². The minimum atomic E-state index is -0.248. The highest BCUT2D eigenvalue weighted by molar-refractivity contribution is 7.99. The summed E-state index contributed by atoms with van der Waals surface area (Å²) >= 11 is 2.78. The predicted molar refractivity (Wildman–Crippen MR) is 139 cm³/mol. The average Bonchev–Trinajstić information content (AvgIpc) is 3.52. The van der Waals surface area contributed by atoms with E-state index in [-0.39, 0.29) is 29.2 Å². The van der Waals surface area contributed by atoms with Crippen LogP contribution in [-0.4, -0.2) is 33.2 Å². The minimum absolute atomic E-state index is 0.0494. The first kappa shape index (κ1) is 24.5. The van der Waals surface area contributed by atoms with Crippen molar-refractivity contribution in [2.24, 2.45) is 5.92 Å².